The van der Waals surface area contributed by atoms with Gasteiger partial charge in [0.25, 0.3) is 5.91 Å². The van der Waals surface area contributed by atoms with Gasteiger partial charge in [-0.15, -0.1) is 0 Å². The first kappa shape index (κ1) is 30.4. The third-order valence-corrected chi connectivity index (χ3v) is 11.7. The van der Waals surface area contributed by atoms with Crippen LogP contribution in [0.3, 0.4) is 0 Å². The van der Waals surface area contributed by atoms with Crippen molar-refractivity contribution in [2.45, 2.75) is 36.2 Å². The number of carbonyl (C=O) groups is 1. The first-order chi connectivity index (χ1) is 21.7. The summed E-state index contributed by atoms with van der Waals surface area (Å²) in [5.41, 5.74) is 3.60. The number of likely N-dealkylation sites (tertiary alicyclic amines) is 1. The summed E-state index contributed by atoms with van der Waals surface area (Å²) in [6.07, 6.45) is 4.17. The molecule has 7 rings (SSSR count). The van der Waals surface area contributed by atoms with Crippen LogP contribution >= 0.6 is 23.2 Å². The molecule has 0 saturated carbocycles. The Morgan fingerprint density at radius 3 is 2.36 bits per heavy atom. The monoisotopic (exact) mass is 670 g/mol. The van der Waals surface area contributed by atoms with Crippen LogP contribution in [0.15, 0.2) is 65.8 Å². The molecule has 4 heterocycles. The number of nitrogens with zero attached hydrogens (tertiary/aromatic N) is 5. The van der Waals surface area contributed by atoms with E-state index < -0.39 is 15.8 Å². The molecule has 1 N–H and O–H groups in total. The second-order valence-corrected chi connectivity index (χ2v) is 14.8. The number of halogens is 3. The second kappa shape index (κ2) is 12.2. The summed E-state index contributed by atoms with van der Waals surface area (Å²) in [5, 5.41) is 0.805. The number of benzene rings is 3. The topological polar surface area (TPSA) is 92.9 Å². The van der Waals surface area contributed by atoms with Crippen LogP contribution in [0.2, 0.25) is 10.0 Å². The van der Waals surface area contributed by atoms with Crippen molar-refractivity contribution in [3.8, 4) is 0 Å². The van der Waals surface area contributed by atoms with Crippen molar-refractivity contribution < 1.29 is 17.6 Å². The highest BCUT2D eigenvalue weighted by molar-refractivity contribution is 7.89. The zero-order valence-electron chi connectivity index (χ0n) is 24.5. The van der Waals surface area contributed by atoms with E-state index in [9.17, 15) is 17.6 Å². The van der Waals surface area contributed by atoms with Crippen molar-refractivity contribution in [2.24, 2.45) is 0 Å². The number of hydrogen-bond donors (Lipinski definition) is 1. The molecule has 2 bridgehead atoms. The lowest BCUT2D eigenvalue weighted by Crippen LogP contribution is -2.55. The number of piperazine rings is 2. The maximum absolute atomic E-state index is 14.0. The van der Waals surface area contributed by atoms with Crippen LogP contribution in [0, 0.1) is 5.82 Å². The van der Waals surface area contributed by atoms with Crippen LogP contribution in [-0.4, -0.2) is 96.3 Å². The van der Waals surface area contributed by atoms with Gasteiger partial charge in [-0.2, -0.15) is 4.31 Å². The van der Waals surface area contributed by atoms with Gasteiger partial charge in [0, 0.05) is 62.9 Å². The number of nitrogens with one attached hydrogen (secondary N) is 1. The summed E-state index contributed by atoms with van der Waals surface area (Å²) in [7, 11) is -3.76. The number of H-pyrrole nitrogens is 1. The molecule has 0 aliphatic carbocycles. The molecule has 4 aromatic rings. The van der Waals surface area contributed by atoms with Crippen molar-refractivity contribution >= 4 is 55.9 Å². The minimum atomic E-state index is -3.76. The number of imidazole rings is 1. The lowest BCUT2D eigenvalue weighted by molar-refractivity contribution is 0.0718. The summed E-state index contributed by atoms with van der Waals surface area (Å²) < 4.78 is 43.2. The molecule has 2 atom stereocenters. The van der Waals surface area contributed by atoms with Crippen molar-refractivity contribution in [3.63, 3.8) is 0 Å². The van der Waals surface area contributed by atoms with Crippen LogP contribution < -0.4 is 4.90 Å². The molecule has 3 aliphatic rings. The average molecular weight is 672 g/mol. The lowest BCUT2D eigenvalue weighted by Gasteiger charge is -2.42. The van der Waals surface area contributed by atoms with E-state index in [4.69, 9.17) is 23.2 Å². The predicted molar refractivity (Wildman–Crippen MR) is 173 cm³/mol. The minimum absolute atomic E-state index is 0.0195. The number of aromatic amines is 1. The maximum Gasteiger partial charge on any atom is 0.255 e. The molecule has 1 amide bonds. The van der Waals surface area contributed by atoms with Crippen LogP contribution in [0.5, 0.6) is 0 Å². The van der Waals surface area contributed by atoms with E-state index in [0.717, 1.165) is 37.6 Å². The number of amides is 1. The largest absolute Gasteiger partial charge is 0.360 e. The Labute approximate surface area is 271 Å². The first-order valence-electron chi connectivity index (χ1n) is 15.1. The Kier molecular flexibility index (Phi) is 8.24. The first-order valence-corrected chi connectivity index (χ1v) is 17.3. The lowest BCUT2D eigenvalue weighted by atomic mass is 10.1. The van der Waals surface area contributed by atoms with Gasteiger partial charge in [-0.3, -0.25) is 4.79 Å². The fraction of sp³-hybridized carbons (Fsp3) is 0.375. The van der Waals surface area contributed by atoms with Gasteiger partial charge >= 0.3 is 0 Å². The predicted octanol–water partition coefficient (Wildman–Crippen LogP) is 5.05. The zero-order chi connectivity index (χ0) is 31.3. The van der Waals surface area contributed by atoms with E-state index in [0.29, 0.717) is 55.3 Å². The summed E-state index contributed by atoms with van der Waals surface area (Å²) in [6, 6.07) is 15.0. The molecule has 3 aromatic carbocycles. The summed E-state index contributed by atoms with van der Waals surface area (Å²) in [6.45, 7) is 3.89. The highest BCUT2D eigenvalue weighted by Gasteiger charge is 2.43. The van der Waals surface area contributed by atoms with Gasteiger partial charge in [0.15, 0.2) is 0 Å². The van der Waals surface area contributed by atoms with E-state index in [1.165, 1.54) is 17.7 Å². The maximum atomic E-state index is 14.0. The van der Waals surface area contributed by atoms with Crippen molar-refractivity contribution in [1.82, 2.24) is 24.1 Å². The standard InChI is InChI=1S/C32H33Cl2FN6O3S/c33-22-3-1-21(2-4-22)9-10-38-11-13-40(14-12-38)45(43,44)26-16-29-31(37-20-36-29)30(17-26)41-24-6-7-25(41)19-39(18-24)32(42)27-8-5-23(35)15-28(27)34/h1-5,8,15-17,20,24-25H,6-7,9-14,18-19H2,(H,36,37)/t24-,25+. The SMILES string of the molecule is O=C(c1ccc(F)cc1Cl)N1C[C@H]2CC[C@@H](C1)N2c1cc(S(=O)(=O)N2CCN(CCc3ccc(Cl)cc3)CC2)cc2[nH]cnc12. The van der Waals surface area contributed by atoms with Gasteiger partial charge in [-0.25, -0.2) is 17.8 Å². The Morgan fingerprint density at radius 2 is 1.67 bits per heavy atom. The van der Waals surface area contributed by atoms with Gasteiger partial charge in [0.05, 0.1) is 33.0 Å². The van der Waals surface area contributed by atoms with Gasteiger partial charge < -0.3 is 19.7 Å². The number of rotatable bonds is 7. The smallest absolute Gasteiger partial charge is 0.255 e. The molecule has 1 aromatic heterocycles. The number of aromatic nitrogens is 2. The molecule has 0 unspecified atom stereocenters. The quantitative estimate of drug-likeness (QED) is 0.296. The number of carbonyl (C=O) groups excluding carboxylic acids is 1. The van der Waals surface area contributed by atoms with E-state index >= 15 is 0 Å². The third-order valence-electron chi connectivity index (χ3n) is 9.29. The van der Waals surface area contributed by atoms with Crippen LogP contribution in [-0.2, 0) is 16.4 Å². The van der Waals surface area contributed by atoms with E-state index in [1.807, 2.05) is 24.3 Å². The highest BCUT2D eigenvalue weighted by atomic mass is 35.5. The minimum Gasteiger partial charge on any atom is -0.360 e. The molecule has 236 valence electrons. The van der Waals surface area contributed by atoms with Gasteiger partial charge in [-0.1, -0.05) is 35.3 Å². The average Bonchev–Trinajstić information content (AvgIpc) is 3.61. The molecule has 0 radical (unpaired) electrons. The van der Waals surface area contributed by atoms with Crippen molar-refractivity contribution in [2.75, 3.05) is 50.7 Å². The second-order valence-electron chi connectivity index (χ2n) is 12.0. The normalized spacial score (nSPS) is 21.1. The fourth-order valence-electron chi connectivity index (χ4n) is 6.93. The molecule has 9 nitrogen and oxygen atoms in total. The van der Waals surface area contributed by atoms with Gasteiger partial charge in [-0.05, 0) is 67.3 Å². The van der Waals surface area contributed by atoms with E-state index in [2.05, 4.69) is 19.8 Å². The summed E-state index contributed by atoms with van der Waals surface area (Å²) in [4.78, 5) is 27.6. The molecule has 45 heavy (non-hydrogen) atoms. The van der Waals surface area contributed by atoms with E-state index in [-0.39, 0.29) is 33.5 Å². The Bertz CT molecular complexity index is 1830. The molecule has 13 heteroatoms. The van der Waals surface area contributed by atoms with Crippen molar-refractivity contribution in [1.29, 1.82) is 0 Å². The fourth-order valence-corrected chi connectivity index (χ4v) is 8.77. The van der Waals surface area contributed by atoms with Crippen LogP contribution in [0.25, 0.3) is 11.0 Å². The molecule has 3 fully saturated rings. The number of sulfonamides is 1. The van der Waals surface area contributed by atoms with Crippen LogP contribution in [0.1, 0.15) is 28.8 Å². The summed E-state index contributed by atoms with van der Waals surface area (Å²) >= 11 is 12.2. The molecule has 3 aliphatic heterocycles. The zero-order valence-corrected chi connectivity index (χ0v) is 26.8. The Balaban J connectivity index is 1.08. The third kappa shape index (κ3) is 5.92. The van der Waals surface area contributed by atoms with Crippen LogP contribution in [0.4, 0.5) is 10.1 Å². The number of hydrogen-bond acceptors (Lipinski definition) is 6. The number of anilines is 1. The molecular formula is C32H33Cl2FN6O3S. The molecule has 3 saturated heterocycles. The Morgan fingerprint density at radius 1 is 0.956 bits per heavy atom. The van der Waals surface area contributed by atoms with Gasteiger partial charge in [0.1, 0.15) is 11.3 Å². The van der Waals surface area contributed by atoms with Crippen molar-refractivity contribution in [3.05, 3.63) is 87.9 Å². The van der Waals surface area contributed by atoms with E-state index in [1.54, 1.807) is 27.7 Å². The molecule has 0 spiro atoms. The Hall–Kier alpha value is -3.22. The highest BCUT2D eigenvalue weighted by Crippen LogP contribution is 2.40. The summed E-state index contributed by atoms with van der Waals surface area (Å²) in [5.74, 6) is -0.722. The van der Waals surface area contributed by atoms with Gasteiger partial charge in [0.2, 0.25) is 10.0 Å². The number of fused-ring (bicyclic) bond motifs is 3. The molecular weight excluding hydrogens is 638 g/mol.